The summed E-state index contributed by atoms with van der Waals surface area (Å²) in [5, 5.41) is 0. The van der Waals surface area contributed by atoms with Crippen LogP contribution in [0.3, 0.4) is 0 Å². The first kappa shape index (κ1) is 23.4. The fourth-order valence-corrected chi connectivity index (χ4v) is 4.86. The van der Waals surface area contributed by atoms with Crippen LogP contribution in [0.25, 0.3) is 0 Å². The maximum atomic E-state index is 11.8. The number of piperazine rings is 1. The van der Waals surface area contributed by atoms with Crippen molar-refractivity contribution in [3.63, 3.8) is 0 Å². The van der Waals surface area contributed by atoms with E-state index in [1.807, 2.05) is 18.2 Å². The van der Waals surface area contributed by atoms with Gasteiger partial charge in [-0.1, -0.05) is 24.3 Å². The summed E-state index contributed by atoms with van der Waals surface area (Å²) in [6, 6.07) is 12.7. The number of nitrogens with zero attached hydrogens (tertiary/aromatic N) is 2. The monoisotopic (exact) mass is 446 g/mol. The average molecular weight is 447 g/mol. The Morgan fingerprint density at radius 3 is 2.19 bits per heavy atom. The zero-order valence-electron chi connectivity index (χ0n) is 18.4. The first-order valence-electron chi connectivity index (χ1n) is 10.5. The van der Waals surface area contributed by atoms with Crippen LogP contribution in [0.2, 0.25) is 0 Å². The molecule has 2 aliphatic rings. The lowest BCUT2D eigenvalue weighted by Crippen LogP contribution is -2.51. The van der Waals surface area contributed by atoms with Crippen LogP contribution < -0.4 is 14.2 Å². The predicted octanol–water partition coefficient (Wildman–Crippen LogP) is 3.16. The van der Waals surface area contributed by atoms with Crippen molar-refractivity contribution in [3.8, 4) is 17.2 Å². The molecule has 0 amide bonds. The molecule has 2 aromatic carbocycles. The molecule has 0 aromatic heterocycles. The molecule has 2 unspecified atom stereocenters. The molecule has 0 bridgehead atoms. The zero-order chi connectivity index (χ0) is 21.1. The minimum Gasteiger partial charge on any atom is -0.493 e. The van der Waals surface area contributed by atoms with Gasteiger partial charge in [-0.15, -0.1) is 12.4 Å². The van der Waals surface area contributed by atoms with Gasteiger partial charge in [0.15, 0.2) is 11.5 Å². The van der Waals surface area contributed by atoms with Gasteiger partial charge in [-0.25, -0.2) is 0 Å². The molecule has 4 rings (SSSR count). The van der Waals surface area contributed by atoms with E-state index in [1.165, 1.54) is 11.1 Å². The summed E-state index contributed by atoms with van der Waals surface area (Å²) >= 11 is 0. The fraction of sp³-hybridized carbons (Fsp3) is 0.458. The Labute approximate surface area is 190 Å². The summed E-state index contributed by atoms with van der Waals surface area (Å²) in [4.78, 5) is 16.8. The lowest BCUT2D eigenvalue weighted by Gasteiger charge is -2.39. The Morgan fingerprint density at radius 1 is 0.968 bits per heavy atom. The van der Waals surface area contributed by atoms with Gasteiger partial charge in [0.05, 0.1) is 27.2 Å². The van der Waals surface area contributed by atoms with E-state index < -0.39 is 0 Å². The highest BCUT2D eigenvalue weighted by Gasteiger charge is 2.37. The number of hydrogen-bond acceptors (Lipinski definition) is 6. The van der Waals surface area contributed by atoms with E-state index in [1.54, 1.807) is 21.3 Å². The molecule has 0 spiro atoms. The van der Waals surface area contributed by atoms with Gasteiger partial charge in [-0.05, 0) is 35.2 Å². The summed E-state index contributed by atoms with van der Waals surface area (Å²) in [6.07, 6.45) is 2.10. The van der Waals surface area contributed by atoms with Gasteiger partial charge in [0.25, 0.3) is 0 Å². The highest BCUT2D eigenvalue weighted by Crippen LogP contribution is 2.39. The normalized spacial score (nSPS) is 21.1. The molecule has 168 valence electrons. The standard InChI is InChI=1S/C24H30N2O4.ClH/c1-28-22-12-17(13-23(29-2)24(22)30-3)15-25-8-10-26(11-9-25)21-14-18-6-4-5-7-19(18)20(21)16-27;/h4-7,12-13,16,20-21H,8-11,14-15H2,1-3H3;1H. The summed E-state index contributed by atoms with van der Waals surface area (Å²) in [7, 11) is 4.90. The van der Waals surface area contributed by atoms with Crippen LogP contribution in [0, 0.1) is 0 Å². The minimum atomic E-state index is -0.0112. The van der Waals surface area contributed by atoms with Crippen LogP contribution in [0.15, 0.2) is 36.4 Å². The third-order valence-corrected chi connectivity index (χ3v) is 6.41. The second-order valence-corrected chi connectivity index (χ2v) is 7.98. The van der Waals surface area contributed by atoms with Crippen molar-refractivity contribution in [3.05, 3.63) is 53.1 Å². The Hall–Kier alpha value is -2.28. The maximum absolute atomic E-state index is 11.8. The van der Waals surface area contributed by atoms with E-state index in [2.05, 4.69) is 28.0 Å². The van der Waals surface area contributed by atoms with Crippen LogP contribution in [0.5, 0.6) is 17.2 Å². The van der Waals surface area contributed by atoms with Crippen LogP contribution >= 0.6 is 12.4 Å². The van der Waals surface area contributed by atoms with E-state index in [4.69, 9.17) is 14.2 Å². The number of methoxy groups -OCH3 is 3. The van der Waals surface area contributed by atoms with Gasteiger partial charge in [-0.3, -0.25) is 9.80 Å². The summed E-state index contributed by atoms with van der Waals surface area (Å²) < 4.78 is 16.4. The molecule has 0 saturated carbocycles. The van der Waals surface area contributed by atoms with E-state index >= 15 is 0 Å². The molecule has 1 aliphatic carbocycles. The number of aldehydes is 1. The molecule has 7 heteroatoms. The van der Waals surface area contributed by atoms with E-state index in [9.17, 15) is 4.79 Å². The summed E-state index contributed by atoms with van der Waals surface area (Å²) in [5.41, 5.74) is 3.66. The third-order valence-electron chi connectivity index (χ3n) is 6.41. The van der Waals surface area contributed by atoms with Crippen LogP contribution in [-0.2, 0) is 17.8 Å². The second kappa shape index (κ2) is 10.4. The Balaban J connectivity index is 0.00000272. The van der Waals surface area contributed by atoms with Gasteiger partial charge in [0, 0.05) is 38.8 Å². The van der Waals surface area contributed by atoms with Crippen molar-refractivity contribution in [2.24, 2.45) is 0 Å². The van der Waals surface area contributed by atoms with E-state index in [-0.39, 0.29) is 24.4 Å². The first-order chi connectivity index (χ1) is 14.7. The average Bonchev–Trinajstić information content (AvgIpc) is 3.17. The number of fused-ring (bicyclic) bond motifs is 1. The molecule has 0 N–H and O–H groups in total. The maximum Gasteiger partial charge on any atom is 0.203 e. The molecule has 1 fully saturated rings. The van der Waals surface area contributed by atoms with Crippen molar-refractivity contribution in [2.75, 3.05) is 47.5 Å². The van der Waals surface area contributed by atoms with Gasteiger partial charge in [0.2, 0.25) is 5.75 Å². The van der Waals surface area contributed by atoms with Crippen molar-refractivity contribution in [1.29, 1.82) is 0 Å². The molecule has 6 nitrogen and oxygen atoms in total. The van der Waals surface area contributed by atoms with Gasteiger partial charge < -0.3 is 19.0 Å². The number of rotatable bonds is 7. The zero-order valence-corrected chi connectivity index (χ0v) is 19.2. The Morgan fingerprint density at radius 2 is 1.61 bits per heavy atom. The van der Waals surface area contributed by atoms with E-state index in [0.29, 0.717) is 17.2 Å². The summed E-state index contributed by atoms with van der Waals surface area (Å²) in [5.74, 6) is 1.98. The highest BCUT2D eigenvalue weighted by atomic mass is 35.5. The third kappa shape index (κ3) is 4.66. The molecule has 1 saturated heterocycles. The molecule has 0 radical (unpaired) electrons. The minimum absolute atomic E-state index is 0. The number of hydrogen-bond donors (Lipinski definition) is 0. The smallest absolute Gasteiger partial charge is 0.203 e. The van der Waals surface area contributed by atoms with E-state index in [0.717, 1.165) is 51.0 Å². The fourth-order valence-electron chi connectivity index (χ4n) is 4.86. The number of carbonyl (C=O) groups is 1. The largest absolute Gasteiger partial charge is 0.493 e. The second-order valence-electron chi connectivity index (χ2n) is 7.98. The number of halogens is 1. The highest BCUT2D eigenvalue weighted by molar-refractivity contribution is 5.85. The first-order valence-corrected chi connectivity index (χ1v) is 10.5. The van der Waals surface area contributed by atoms with Gasteiger partial charge in [0.1, 0.15) is 6.29 Å². The number of ether oxygens (including phenoxy) is 3. The topological polar surface area (TPSA) is 51.2 Å². The number of benzene rings is 2. The molecule has 1 heterocycles. The van der Waals surface area contributed by atoms with Crippen LogP contribution in [-0.4, -0.2) is 69.6 Å². The molecular formula is C24H31ClN2O4. The molecule has 2 atom stereocenters. The quantitative estimate of drug-likeness (QED) is 0.609. The predicted molar refractivity (Wildman–Crippen MR) is 123 cm³/mol. The van der Waals surface area contributed by atoms with Crippen molar-refractivity contribution >= 4 is 18.7 Å². The van der Waals surface area contributed by atoms with Crippen molar-refractivity contribution in [2.45, 2.75) is 24.9 Å². The van der Waals surface area contributed by atoms with Crippen molar-refractivity contribution in [1.82, 2.24) is 9.80 Å². The molecule has 31 heavy (non-hydrogen) atoms. The molecule has 2 aromatic rings. The van der Waals surface area contributed by atoms with Gasteiger partial charge >= 0.3 is 0 Å². The van der Waals surface area contributed by atoms with Crippen LogP contribution in [0.4, 0.5) is 0 Å². The number of carbonyl (C=O) groups excluding carboxylic acids is 1. The summed E-state index contributed by atoms with van der Waals surface area (Å²) in [6.45, 7) is 4.69. The SMILES string of the molecule is COc1cc(CN2CCN(C3Cc4ccccc4C3C=O)CC2)cc(OC)c1OC.Cl. The lowest BCUT2D eigenvalue weighted by molar-refractivity contribution is -0.110. The Bertz CT molecular complexity index is 874. The molecular weight excluding hydrogens is 416 g/mol. The van der Waals surface area contributed by atoms with Crippen molar-refractivity contribution < 1.29 is 19.0 Å². The lowest BCUT2D eigenvalue weighted by atomic mass is 9.98. The Kier molecular flexibility index (Phi) is 7.81. The molecule has 1 aliphatic heterocycles. The van der Waals surface area contributed by atoms with Crippen LogP contribution in [0.1, 0.15) is 22.6 Å². The van der Waals surface area contributed by atoms with Gasteiger partial charge in [-0.2, -0.15) is 0 Å².